The largest absolute Gasteiger partial charge is 0.370 e. The monoisotopic (exact) mass is 393 g/mol. The number of H-pyrrole nitrogens is 1. The molecule has 2 atom stereocenters. The molecule has 0 radical (unpaired) electrons. The van der Waals surface area contributed by atoms with Gasteiger partial charge in [0.25, 0.3) is 5.91 Å². The number of aromatic amines is 1. The van der Waals surface area contributed by atoms with Crippen molar-refractivity contribution < 1.29 is 9.53 Å². The van der Waals surface area contributed by atoms with E-state index in [9.17, 15) is 10.1 Å². The minimum absolute atomic E-state index is 0.0663. The smallest absolute Gasteiger partial charge is 0.272 e. The van der Waals surface area contributed by atoms with Gasteiger partial charge in [-0.1, -0.05) is 12.1 Å². The van der Waals surface area contributed by atoms with Crippen molar-refractivity contribution in [3.05, 3.63) is 46.8 Å². The van der Waals surface area contributed by atoms with Crippen LogP contribution in [0.5, 0.6) is 0 Å². The highest BCUT2D eigenvalue weighted by Gasteiger charge is 2.30. The summed E-state index contributed by atoms with van der Waals surface area (Å²) in [6, 6.07) is 10.0. The van der Waals surface area contributed by atoms with Gasteiger partial charge in [0, 0.05) is 31.6 Å². The van der Waals surface area contributed by atoms with Gasteiger partial charge in [0.05, 0.1) is 29.2 Å². The third-order valence-electron chi connectivity index (χ3n) is 5.98. The Kier molecular flexibility index (Phi) is 5.54. The van der Waals surface area contributed by atoms with E-state index in [2.05, 4.69) is 26.5 Å². The summed E-state index contributed by atoms with van der Waals surface area (Å²) in [7, 11) is 0. The molecule has 7 heteroatoms. The molecule has 0 saturated carbocycles. The van der Waals surface area contributed by atoms with E-state index in [1.165, 1.54) is 0 Å². The van der Waals surface area contributed by atoms with Crippen LogP contribution in [0.15, 0.2) is 24.3 Å². The first kappa shape index (κ1) is 19.5. The van der Waals surface area contributed by atoms with E-state index < -0.39 is 0 Å². The van der Waals surface area contributed by atoms with Gasteiger partial charge in [0.2, 0.25) is 0 Å². The van der Waals surface area contributed by atoms with Crippen LogP contribution in [-0.4, -0.2) is 41.8 Å². The maximum Gasteiger partial charge on any atom is 0.272 e. The number of anilines is 1. The number of aromatic nitrogens is 2. The highest BCUT2D eigenvalue weighted by Crippen LogP contribution is 2.30. The summed E-state index contributed by atoms with van der Waals surface area (Å²) in [5.74, 6) is 0.321. The lowest BCUT2D eigenvalue weighted by atomic mass is 9.95. The van der Waals surface area contributed by atoms with Gasteiger partial charge in [-0.2, -0.15) is 10.4 Å². The molecule has 1 aromatic carbocycles. The number of ether oxygens (including phenoxy) is 1. The molecule has 7 nitrogen and oxygen atoms in total. The first-order valence-corrected chi connectivity index (χ1v) is 10.3. The number of hydrogen-bond acceptors (Lipinski definition) is 5. The van der Waals surface area contributed by atoms with Gasteiger partial charge >= 0.3 is 0 Å². The van der Waals surface area contributed by atoms with Crippen molar-refractivity contribution in [3.8, 4) is 6.07 Å². The molecule has 0 unspecified atom stereocenters. The van der Waals surface area contributed by atoms with Crippen LogP contribution in [0.1, 0.15) is 60.1 Å². The summed E-state index contributed by atoms with van der Waals surface area (Å²) in [5, 5.41) is 19.6. The number of amides is 1. The Labute approximate surface area is 171 Å². The summed E-state index contributed by atoms with van der Waals surface area (Å²) < 4.78 is 5.80. The molecule has 2 aliphatic heterocycles. The van der Waals surface area contributed by atoms with E-state index in [1.54, 1.807) is 0 Å². The van der Waals surface area contributed by atoms with Crippen molar-refractivity contribution in [2.75, 3.05) is 24.5 Å². The number of fused-ring (bicyclic) bond motifs is 1. The molecule has 3 heterocycles. The topological polar surface area (TPSA) is 94.0 Å². The Bertz CT molecular complexity index is 924. The zero-order valence-electron chi connectivity index (χ0n) is 16.9. The number of rotatable bonds is 4. The number of nitrogens with zero attached hydrogens (tertiary/aromatic N) is 3. The van der Waals surface area contributed by atoms with Crippen LogP contribution < -0.4 is 10.2 Å². The molecule has 0 bridgehead atoms. The molecule has 2 aromatic rings. The number of nitrogens with one attached hydrogen (secondary N) is 2. The van der Waals surface area contributed by atoms with Crippen molar-refractivity contribution >= 4 is 11.6 Å². The number of carbonyl (C=O) groups excluding carboxylic acids is 1. The third-order valence-corrected chi connectivity index (χ3v) is 5.98. The lowest BCUT2D eigenvalue weighted by Crippen LogP contribution is -2.39. The van der Waals surface area contributed by atoms with Crippen LogP contribution in [0.2, 0.25) is 0 Å². The van der Waals surface area contributed by atoms with Crippen LogP contribution >= 0.6 is 0 Å². The highest BCUT2D eigenvalue weighted by atomic mass is 16.5. The van der Waals surface area contributed by atoms with Gasteiger partial charge in [-0.3, -0.25) is 9.89 Å². The van der Waals surface area contributed by atoms with Gasteiger partial charge in [-0.05, 0) is 44.7 Å². The molecule has 2 aliphatic rings. The summed E-state index contributed by atoms with van der Waals surface area (Å²) in [4.78, 5) is 15.0. The molecule has 1 aromatic heterocycles. The van der Waals surface area contributed by atoms with Crippen molar-refractivity contribution in [2.45, 2.75) is 45.3 Å². The molecule has 29 heavy (non-hydrogen) atoms. The summed E-state index contributed by atoms with van der Waals surface area (Å²) in [6.45, 7) is 6.43. The zero-order chi connectivity index (χ0) is 20.4. The van der Waals surface area contributed by atoms with Crippen LogP contribution in [0, 0.1) is 17.2 Å². The summed E-state index contributed by atoms with van der Waals surface area (Å²) in [6.07, 6.45) is 2.70. The van der Waals surface area contributed by atoms with Crippen molar-refractivity contribution in [1.29, 1.82) is 5.26 Å². The lowest BCUT2D eigenvalue weighted by molar-refractivity contribution is -0.00697. The zero-order valence-corrected chi connectivity index (χ0v) is 16.9. The minimum atomic E-state index is -0.110. The van der Waals surface area contributed by atoms with E-state index in [4.69, 9.17) is 4.74 Å². The first-order valence-electron chi connectivity index (χ1n) is 10.3. The fraction of sp³-hybridized carbons (Fsp3) is 0.500. The Hall–Kier alpha value is -2.85. The molecule has 1 amide bonds. The second-order valence-corrected chi connectivity index (χ2v) is 8.03. The van der Waals surface area contributed by atoms with E-state index in [1.807, 2.05) is 38.1 Å². The van der Waals surface area contributed by atoms with E-state index in [0.717, 1.165) is 48.4 Å². The molecule has 0 spiro atoms. The third kappa shape index (κ3) is 3.99. The summed E-state index contributed by atoms with van der Waals surface area (Å²) >= 11 is 0. The first-order chi connectivity index (χ1) is 14.1. The van der Waals surface area contributed by atoms with Gasteiger partial charge in [0.1, 0.15) is 6.07 Å². The van der Waals surface area contributed by atoms with Crippen molar-refractivity contribution in [2.24, 2.45) is 5.92 Å². The minimum Gasteiger partial charge on any atom is -0.370 e. The number of benzene rings is 1. The molecular formula is C22H27N5O2. The van der Waals surface area contributed by atoms with Crippen LogP contribution in [-0.2, 0) is 11.2 Å². The van der Waals surface area contributed by atoms with Gasteiger partial charge in [-0.15, -0.1) is 0 Å². The Morgan fingerprint density at radius 1 is 1.34 bits per heavy atom. The molecule has 0 aliphatic carbocycles. The molecule has 1 fully saturated rings. The molecule has 152 valence electrons. The normalized spacial score (nSPS) is 22.0. The van der Waals surface area contributed by atoms with Crippen LogP contribution in [0.4, 0.5) is 5.69 Å². The quantitative estimate of drug-likeness (QED) is 0.833. The van der Waals surface area contributed by atoms with Crippen LogP contribution in [0.3, 0.4) is 0 Å². The number of carbonyl (C=O) groups is 1. The molecule has 4 rings (SSSR count). The SMILES string of the molecule is C[C@@H]1Cc2c(C(=O)NCC3CCN(c4ccccc4C#N)CC3)n[nH]c2[C@H](C)O1. The predicted octanol–water partition coefficient (Wildman–Crippen LogP) is 2.95. The fourth-order valence-electron chi connectivity index (χ4n) is 4.40. The number of nitriles is 1. The second kappa shape index (κ2) is 8.26. The number of piperidine rings is 1. The predicted molar refractivity (Wildman–Crippen MR) is 110 cm³/mol. The Balaban J connectivity index is 1.32. The Morgan fingerprint density at radius 3 is 2.86 bits per heavy atom. The van der Waals surface area contributed by atoms with E-state index in [0.29, 0.717) is 24.6 Å². The van der Waals surface area contributed by atoms with Gasteiger partial charge in [-0.25, -0.2) is 0 Å². The number of para-hydroxylation sites is 1. The number of hydrogen-bond donors (Lipinski definition) is 2. The second-order valence-electron chi connectivity index (χ2n) is 8.03. The van der Waals surface area contributed by atoms with Crippen molar-refractivity contribution in [1.82, 2.24) is 15.5 Å². The van der Waals surface area contributed by atoms with E-state index in [-0.39, 0.29) is 18.1 Å². The van der Waals surface area contributed by atoms with Crippen molar-refractivity contribution in [3.63, 3.8) is 0 Å². The van der Waals surface area contributed by atoms with Gasteiger partial charge in [0.15, 0.2) is 5.69 Å². The van der Waals surface area contributed by atoms with Gasteiger partial charge < -0.3 is 15.0 Å². The standard InChI is InChI=1S/C22H27N5O2/c1-14-11-18-20(15(2)29-14)25-26-21(18)22(28)24-13-16-7-9-27(10-8-16)19-6-4-3-5-17(19)12-23/h3-6,14-16H,7-11,13H2,1-2H3,(H,24,28)(H,25,26)/t14-,15+/m1/s1. The lowest BCUT2D eigenvalue weighted by Gasteiger charge is -2.34. The Morgan fingerprint density at radius 2 is 2.10 bits per heavy atom. The highest BCUT2D eigenvalue weighted by molar-refractivity contribution is 5.94. The maximum atomic E-state index is 12.7. The van der Waals surface area contributed by atoms with E-state index >= 15 is 0 Å². The molecule has 1 saturated heterocycles. The fourth-order valence-corrected chi connectivity index (χ4v) is 4.40. The molecular weight excluding hydrogens is 366 g/mol. The molecule has 2 N–H and O–H groups in total. The average Bonchev–Trinajstić information content (AvgIpc) is 3.16. The van der Waals surface area contributed by atoms with Crippen LogP contribution in [0.25, 0.3) is 0 Å². The summed E-state index contributed by atoms with van der Waals surface area (Å²) in [5.41, 5.74) is 4.12. The maximum absolute atomic E-state index is 12.7. The average molecular weight is 393 g/mol.